The Labute approximate surface area is 86.2 Å². The average molecular weight is 200 g/mol. The van der Waals surface area contributed by atoms with Gasteiger partial charge in [0, 0.05) is 20.3 Å². The van der Waals surface area contributed by atoms with Crippen LogP contribution in [0.2, 0.25) is 0 Å². The Balaban J connectivity index is 3.30. The third-order valence-corrected chi connectivity index (χ3v) is 1.72. The minimum Gasteiger partial charge on any atom is -0.385 e. The zero-order valence-electron chi connectivity index (χ0n) is 9.08. The Morgan fingerprint density at radius 3 is 2.79 bits per heavy atom. The van der Waals surface area contributed by atoms with Gasteiger partial charge in [-0.1, -0.05) is 6.92 Å². The van der Waals surface area contributed by atoms with Crippen molar-refractivity contribution in [1.29, 1.82) is 5.26 Å². The van der Waals surface area contributed by atoms with Crippen molar-refractivity contribution in [1.82, 2.24) is 5.32 Å². The van der Waals surface area contributed by atoms with Gasteiger partial charge in [0.2, 0.25) is 0 Å². The molecule has 0 saturated carbocycles. The summed E-state index contributed by atoms with van der Waals surface area (Å²) in [7, 11) is 1.67. The third kappa shape index (κ3) is 7.99. The number of nitrogens with zero attached hydrogens (tertiary/aromatic N) is 1. The first-order chi connectivity index (χ1) is 6.85. The quantitative estimate of drug-likeness (QED) is 0.563. The molecule has 0 amide bonds. The normalized spacial score (nSPS) is 12.4. The van der Waals surface area contributed by atoms with Crippen molar-refractivity contribution in [3.8, 4) is 6.07 Å². The van der Waals surface area contributed by atoms with Crippen molar-refractivity contribution in [3.63, 3.8) is 0 Å². The minimum atomic E-state index is -0.183. The van der Waals surface area contributed by atoms with Crippen LogP contribution < -0.4 is 5.32 Å². The Morgan fingerprint density at radius 2 is 2.21 bits per heavy atom. The number of hydrogen-bond acceptors (Lipinski definition) is 4. The number of methoxy groups -OCH3 is 1. The molecule has 1 N–H and O–H groups in total. The molecule has 0 aromatic heterocycles. The molecule has 0 fully saturated rings. The van der Waals surface area contributed by atoms with Gasteiger partial charge in [0.05, 0.1) is 12.7 Å². The summed E-state index contributed by atoms with van der Waals surface area (Å²) < 4.78 is 10.2. The topological polar surface area (TPSA) is 54.3 Å². The maximum atomic E-state index is 8.74. The predicted molar refractivity (Wildman–Crippen MR) is 55.0 cm³/mol. The highest BCUT2D eigenvalue weighted by molar-refractivity contribution is 4.89. The lowest BCUT2D eigenvalue weighted by Crippen LogP contribution is -2.32. The van der Waals surface area contributed by atoms with Gasteiger partial charge in [-0.05, 0) is 19.4 Å². The van der Waals surface area contributed by atoms with Crippen molar-refractivity contribution in [2.75, 3.05) is 33.5 Å². The summed E-state index contributed by atoms with van der Waals surface area (Å²) in [5, 5.41) is 11.8. The van der Waals surface area contributed by atoms with Crippen molar-refractivity contribution >= 4 is 0 Å². The molecule has 0 radical (unpaired) electrons. The number of hydrogen-bond donors (Lipinski definition) is 1. The van der Waals surface area contributed by atoms with E-state index in [0.717, 1.165) is 19.4 Å². The van der Waals surface area contributed by atoms with Gasteiger partial charge in [-0.25, -0.2) is 0 Å². The average Bonchev–Trinajstić information content (AvgIpc) is 2.22. The first-order valence-corrected chi connectivity index (χ1v) is 5.04. The minimum absolute atomic E-state index is 0.183. The van der Waals surface area contributed by atoms with E-state index in [1.54, 1.807) is 7.11 Å². The van der Waals surface area contributed by atoms with Crippen molar-refractivity contribution < 1.29 is 9.47 Å². The molecule has 0 aliphatic carbocycles. The van der Waals surface area contributed by atoms with E-state index in [2.05, 4.69) is 18.3 Å². The zero-order chi connectivity index (χ0) is 10.6. The van der Waals surface area contributed by atoms with Crippen LogP contribution in [0.3, 0.4) is 0 Å². The Bertz CT molecular complexity index is 157. The summed E-state index contributed by atoms with van der Waals surface area (Å²) in [4.78, 5) is 0. The Hall–Kier alpha value is -0.630. The van der Waals surface area contributed by atoms with E-state index in [-0.39, 0.29) is 6.04 Å². The van der Waals surface area contributed by atoms with Gasteiger partial charge in [-0.15, -0.1) is 0 Å². The number of nitrogens with one attached hydrogen (secondary N) is 1. The number of rotatable bonds is 9. The molecule has 0 heterocycles. The van der Waals surface area contributed by atoms with E-state index in [9.17, 15) is 0 Å². The number of ether oxygens (including phenoxy) is 2. The lowest BCUT2D eigenvalue weighted by atomic mass is 10.3. The molecule has 82 valence electrons. The van der Waals surface area contributed by atoms with Gasteiger partial charge >= 0.3 is 0 Å². The Kier molecular flexibility index (Phi) is 9.98. The smallest absolute Gasteiger partial charge is 0.119 e. The summed E-state index contributed by atoms with van der Waals surface area (Å²) >= 11 is 0. The molecule has 0 spiro atoms. The van der Waals surface area contributed by atoms with Crippen LogP contribution in [-0.4, -0.2) is 39.5 Å². The van der Waals surface area contributed by atoms with Gasteiger partial charge in [0.25, 0.3) is 0 Å². The standard InChI is InChI=1S/C10H20N2O2/c1-3-5-12-10(8-11)9-14-7-4-6-13-2/h10,12H,3-7,9H2,1-2H3. The fourth-order valence-corrected chi connectivity index (χ4v) is 0.967. The molecule has 0 aliphatic rings. The van der Waals surface area contributed by atoms with Crippen LogP contribution in [0, 0.1) is 11.3 Å². The summed E-state index contributed by atoms with van der Waals surface area (Å²) in [6.07, 6.45) is 1.91. The third-order valence-electron chi connectivity index (χ3n) is 1.72. The molecular weight excluding hydrogens is 180 g/mol. The maximum absolute atomic E-state index is 8.74. The first kappa shape index (κ1) is 13.4. The van der Waals surface area contributed by atoms with E-state index in [1.807, 2.05) is 0 Å². The van der Waals surface area contributed by atoms with E-state index in [4.69, 9.17) is 14.7 Å². The molecule has 1 unspecified atom stereocenters. The second kappa shape index (κ2) is 10.5. The summed E-state index contributed by atoms with van der Waals surface area (Å²) in [5.74, 6) is 0. The lowest BCUT2D eigenvalue weighted by Gasteiger charge is -2.10. The highest BCUT2D eigenvalue weighted by Crippen LogP contribution is 1.88. The van der Waals surface area contributed by atoms with Gasteiger partial charge in [-0.3, -0.25) is 0 Å². The highest BCUT2D eigenvalue weighted by Gasteiger charge is 2.04. The fraction of sp³-hybridized carbons (Fsp3) is 0.900. The van der Waals surface area contributed by atoms with Crippen LogP contribution in [0.15, 0.2) is 0 Å². The largest absolute Gasteiger partial charge is 0.385 e. The van der Waals surface area contributed by atoms with Gasteiger partial charge in [0.15, 0.2) is 0 Å². The molecule has 4 nitrogen and oxygen atoms in total. The van der Waals surface area contributed by atoms with Crippen molar-refractivity contribution in [3.05, 3.63) is 0 Å². The van der Waals surface area contributed by atoms with E-state index in [0.29, 0.717) is 19.8 Å². The second-order valence-corrected chi connectivity index (χ2v) is 3.06. The van der Waals surface area contributed by atoms with Crippen molar-refractivity contribution in [2.24, 2.45) is 0 Å². The monoisotopic (exact) mass is 200 g/mol. The molecule has 0 bridgehead atoms. The fourth-order valence-electron chi connectivity index (χ4n) is 0.967. The van der Waals surface area contributed by atoms with E-state index in [1.165, 1.54) is 0 Å². The van der Waals surface area contributed by atoms with Crippen molar-refractivity contribution in [2.45, 2.75) is 25.8 Å². The predicted octanol–water partition coefficient (Wildman–Crippen LogP) is 0.931. The second-order valence-electron chi connectivity index (χ2n) is 3.06. The van der Waals surface area contributed by atoms with Crippen LogP contribution in [0.4, 0.5) is 0 Å². The molecule has 0 saturated heterocycles. The molecule has 0 aromatic carbocycles. The zero-order valence-corrected chi connectivity index (χ0v) is 9.08. The highest BCUT2D eigenvalue weighted by atomic mass is 16.5. The molecular formula is C10H20N2O2. The summed E-state index contributed by atoms with van der Waals surface area (Å²) in [6, 6.07) is 1.98. The van der Waals surface area contributed by atoms with Gasteiger partial charge in [-0.2, -0.15) is 5.26 Å². The van der Waals surface area contributed by atoms with Crippen LogP contribution in [0.25, 0.3) is 0 Å². The van der Waals surface area contributed by atoms with Crippen LogP contribution in [0.1, 0.15) is 19.8 Å². The Morgan fingerprint density at radius 1 is 1.43 bits per heavy atom. The molecule has 0 aromatic rings. The van der Waals surface area contributed by atoms with Crippen LogP contribution in [0.5, 0.6) is 0 Å². The number of nitriles is 1. The van der Waals surface area contributed by atoms with Crippen LogP contribution >= 0.6 is 0 Å². The molecule has 0 aliphatic heterocycles. The molecule has 14 heavy (non-hydrogen) atoms. The first-order valence-electron chi connectivity index (χ1n) is 5.04. The van der Waals surface area contributed by atoms with E-state index < -0.39 is 0 Å². The maximum Gasteiger partial charge on any atom is 0.119 e. The molecule has 4 heteroatoms. The van der Waals surface area contributed by atoms with Gasteiger partial charge in [0.1, 0.15) is 6.04 Å². The van der Waals surface area contributed by atoms with Crippen LogP contribution in [-0.2, 0) is 9.47 Å². The van der Waals surface area contributed by atoms with E-state index >= 15 is 0 Å². The summed E-state index contributed by atoms with van der Waals surface area (Å²) in [6.45, 7) is 4.75. The molecule has 1 atom stereocenters. The summed E-state index contributed by atoms with van der Waals surface area (Å²) in [5.41, 5.74) is 0. The lowest BCUT2D eigenvalue weighted by molar-refractivity contribution is 0.0958. The van der Waals surface area contributed by atoms with Gasteiger partial charge < -0.3 is 14.8 Å². The SMILES string of the molecule is CCCNC(C#N)COCCCOC. The molecule has 0 rings (SSSR count).